The van der Waals surface area contributed by atoms with Gasteiger partial charge in [0.15, 0.2) is 5.65 Å². The Kier molecular flexibility index (Phi) is 7.00. The highest BCUT2D eigenvalue weighted by molar-refractivity contribution is 7.89. The summed E-state index contributed by atoms with van der Waals surface area (Å²) in [5.74, 6) is -2.35. The van der Waals surface area contributed by atoms with Gasteiger partial charge in [-0.05, 0) is 93.5 Å². The van der Waals surface area contributed by atoms with Gasteiger partial charge in [-0.1, -0.05) is 0 Å². The van der Waals surface area contributed by atoms with Crippen molar-refractivity contribution in [1.82, 2.24) is 28.9 Å². The highest BCUT2D eigenvalue weighted by Crippen LogP contribution is 2.47. The molecule has 232 valence electrons. The van der Waals surface area contributed by atoms with Gasteiger partial charge in [-0.3, -0.25) is 14.2 Å². The summed E-state index contributed by atoms with van der Waals surface area (Å²) < 4.78 is 63.7. The second-order valence-corrected chi connectivity index (χ2v) is 14.2. The second-order valence-electron chi connectivity index (χ2n) is 12.3. The molecular formula is C30H32F2N6O5S. The average Bonchev–Trinajstić information content (AvgIpc) is 3.57. The maximum absolute atomic E-state index is 14.0. The van der Waals surface area contributed by atoms with Crippen LogP contribution in [0.1, 0.15) is 78.4 Å². The fourth-order valence-corrected chi connectivity index (χ4v) is 7.48. The van der Waals surface area contributed by atoms with Gasteiger partial charge in [-0.15, -0.1) is 10.2 Å². The van der Waals surface area contributed by atoms with Crippen LogP contribution in [0.2, 0.25) is 0 Å². The Morgan fingerprint density at radius 2 is 1.86 bits per heavy atom. The Bertz CT molecular complexity index is 1920. The van der Waals surface area contributed by atoms with Crippen LogP contribution in [-0.4, -0.2) is 60.5 Å². The number of carboxylic acid groups (broad SMARTS) is 1. The summed E-state index contributed by atoms with van der Waals surface area (Å²) in [6.07, 6.45) is 3.14. The number of carbonyl (C=O) groups is 1. The molecular weight excluding hydrogens is 594 g/mol. The zero-order chi connectivity index (χ0) is 31.8. The van der Waals surface area contributed by atoms with Gasteiger partial charge in [0.2, 0.25) is 21.7 Å². The molecule has 0 bridgehead atoms. The van der Waals surface area contributed by atoms with Crippen molar-refractivity contribution in [3.05, 3.63) is 76.1 Å². The molecule has 1 atom stereocenters. The minimum atomic E-state index is -4.00. The molecule has 0 amide bonds. The first-order chi connectivity index (χ1) is 20.6. The molecule has 6 rings (SSSR count). The summed E-state index contributed by atoms with van der Waals surface area (Å²) in [5.41, 5.74) is 1.58. The van der Waals surface area contributed by atoms with Crippen LogP contribution in [0.3, 0.4) is 0 Å². The van der Waals surface area contributed by atoms with Crippen LogP contribution in [-0.2, 0) is 21.4 Å². The molecule has 4 aromatic rings. The molecule has 2 aliphatic rings. The Labute approximate surface area is 253 Å². The number of halogens is 2. The fourth-order valence-electron chi connectivity index (χ4n) is 5.83. The largest absolute Gasteiger partial charge is 0.481 e. The van der Waals surface area contributed by atoms with E-state index >= 15 is 0 Å². The third kappa shape index (κ3) is 4.89. The van der Waals surface area contributed by atoms with Crippen molar-refractivity contribution in [1.29, 1.82) is 0 Å². The number of carboxylic acids is 1. The van der Waals surface area contributed by atoms with Crippen molar-refractivity contribution in [3.63, 3.8) is 0 Å². The number of aromatic nitrogens is 5. The molecule has 0 unspecified atom stereocenters. The van der Waals surface area contributed by atoms with Crippen molar-refractivity contribution in [2.45, 2.75) is 76.8 Å². The molecule has 1 aliphatic carbocycles. The predicted octanol–water partition coefficient (Wildman–Crippen LogP) is 4.74. The first-order valence-corrected chi connectivity index (χ1v) is 15.6. The third-order valence-corrected chi connectivity index (χ3v) is 10.5. The topological polar surface area (TPSA) is 140 Å². The number of fused-ring (bicyclic) bond motifs is 2. The van der Waals surface area contributed by atoms with E-state index in [1.165, 1.54) is 14.9 Å². The molecule has 11 nitrogen and oxygen atoms in total. The van der Waals surface area contributed by atoms with E-state index in [4.69, 9.17) is 4.74 Å². The van der Waals surface area contributed by atoms with Gasteiger partial charge in [-0.2, -0.15) is 4.31 Å². The third-order valence-electron chi connectivity index (χ3n) is 8.71. The Morgan fingerprint density at radius 1 is 1.14 bits per heavy atom. The number of aliphatic carboxylic acids is 1. The Balaban J connectivity index is 1.45. The number of pyridine rings is 3. The molecule has 1 N–H and O–H groups in total. The predicted molar refractivity (Wildman–Crippen MR) is 154 cm³/mol. The lowest BCUT2D eigenvalue weighted by Gasteiger charge is -2.32. The molecule has 44 heavy (non-hydrogen) atoms. The number of nitrogens with zero attached hydrogens (tertiary/aromatic N) is 6. The molecule has 5 heterocycles. The number of aryl methyl sites for hydroxylation is 3. The van der Waals surface area contributed by atoms with E-state index in [0.717, 1.165) is 5.56 Å². The monoisotopic (exact) mass is 626 g/mol. The fraction of sp³-hybridized carbons (Fsp3) is 0.433. The summed E-state index contributed by atoms with van der Waals surface area (Å²) in [5, 5.41) is 17.9. The smallest absolute Gasteiger partial charge is 0.310 e. The van der Waals surface area contributed by atoms with Gasteiger partial charge in [0.1, 0.15) is 10.5 Å². The lowest BCUT2D eigenvalue weighted by atomic mass is 9.71. The van der Waals surface area contributed by atoms with Crippen LogP contribution in [0.5, 0.6) is 5.88 Å². The van der Waals surface area contributed by atoms with E-state index in [9.17, 15) is 27.1 Å². The molecule has 0 aromatic carbocycles. The zero-order valence-corrected chi connectivity index (χ0v) is 25.7. The van der Waals surface area contributed by atoms with Gasteiger partial charge < -0.3 is 9.84 Å². The van der Waals surface area contributed by atoms with Crippen LogP contribution in [0.4, 0.5) is 8.78 Å². The summed E-state index contributed by atoms with van der Waals surface area (Å²) in [6.45, 7) is 8.54. The molecule has 1 fully saturated rings. The van der Waals surface area contributed by atoms with Gasteiger partial charge >= 0.3 is 5.97 Å². The van der Waals surface area contributed by atoms with Crippen LogP contribution >= 0.6 is 0 Å². The van der Waals surface area contributed by atoms with E-state index in [1.807, 2.05) is 6.92 Å². The number of alkyl halides is 2. The van der Waals surface area contributed by atoms with Gasteiger partial charge in [-0.25, -0.2) is 22.2 Å². The summed E-state index contributed by atoms with van der Waals surface area (Å²) in [7, 11) is -4.00. The molecule has 0 saturated heterocycles. The number of sulfonamides is 1. The molecule has 1 aliphatic heterocycles. The number of hydrogen-bond donors (Lipinski definition) is 1. The first kappa shape index (κ1) is 30.0. The summed E-state index contributed by atoms with van der Waals surface area (Å²) in [6, 6.07) is 4.89. The van der Waals surface area contributed by atoms with E-state index in [1.54, 1.807) is 58.3 Å². The van der Waals surface area contributed by atoms with E-state index in [2.05, 4.69) is 20.2 Å². The van der Waals surface area contributed by atoms with Crippen LogP contribution < -0.4 is 4.74 Å². The van der Waals surface area contributed by atoms with Gasteiger partial charge in [0.25, 0.3) is 6.43 Å². The average molecular weight is 627 g/mol. The minimum absolute atomic E-state index is 0.00232. The van der Waals surface area contributed by atoms with E-state index < -0.39 is 45.2 Å². The SMILES string of the molecule is Cc1cnc2c(c1)S(=O)(=O)N(Cc1cc([C@@H](c3ccn4c(C(F)F)nnc4c3C)C(C)(C)C(=O)O)ncc1C)CC1(CC1)O2. The van der Waals surface area contributed by atoms with Crippen molar-refractivity contribution in [2.24, 2.45) is 5.41 Å². The first-order valence-electron chi connectivity index (χ1n) is 14.1. The van der Waals surface area contributed by atoms with Crippen LogP contribution in [0.25, 0.3) is 5.65 Å². The van der Waals surface area contributed by atoms with Crippen molar-refractivity contribution >= 4 is 21.6 Å². The number of hydrogen-bond acceptors (Lipinski definition) is 8. The second kappa shape index (κ2) is 10.3. The van der Waals surface area contributed by atoms with E-state index in [-0.39, 0.29) is 29.5 Å². The standard InChI is InChI=1S/C30H32F2N6O5S/c1-16-10-22-27(34-12-16)43-30(7-8-30)15-37(44(22,41)42)14-19-11-21(33-13-17(19)2)23(29(4,5)28(39)40)20-6-9-38-25(18(20)3)35-36-26(38)24(31)32/h6,9-13,23-24H,7-8,14-15H2,1-5H3,(H,39,40)/t23-/m1/s1. The minimum Gasteiger partial charge on any atom is -0.481 e. The zero-order valence-electron chi connectivity index (χ0n) is 24.9. The maximum Gasteiger partial charge on any atom is 0.310 e. The molecule has 4 aromatic heterocycles. The molecule has 1 spiro atoms. The molecule has 1 saturated carbocycles. The summed E-state index contributed by atoms with van der Waals surface area (Å²) in [4.78, 5) is 21.5. The lowest BCUT2D eigenvalue weighted by Crippen LogP contribution is -2.38. The number of rotatable bonds is 7. The maximum atomic E-state index is 14.0. The van der Waals surface area contributed by atoms with E-state index in [0.29, 0.717) is 40.8 Å². The number of ether oxygens (including phenoxy) is 1. The Hall–Kier alpha value is -4.04. The van der Waals surface area contributed by atoms with Crippen molar-refractivity contribution < 1.29 is 31.8 Å². The highest BCUT2D eigenvalue weighted by atomic mass is 32.2. The molecule has 14 heteroatoms. The van der Waals surface area contributed by atoms with Crippen molar-refractivity contribution in [3.8, 4) is 5.88 Å². The van der Waals surface area contributed by atoms with Gasteiger partial charge in [0.05, 0.1) is 12.0 Å². The summed E-state index contributed by atoms with van der Waals surface area (Å²) >= 11 is 0. The normalized spacial score (nSPS) is 18.2. The van der Waals surface area contributed by atoms with Crippen LogP contribution in [0.15, 0.2) is 41.7 Å². The van der Waals surface area contributed by atoms with Crippen LogP contribution in [0, 0.1) is 26.2 Å². The quantitative estimate of drug-likeness (QED) is 0.308. The van der Waals surface area contributed by atoms with Crippen molar-refractivity contribution in [2.75, 3.05) is 6.54 Å². The lowest BCUT2D eigenvalue weighted by molar-refractivity contribution is -0.147. The highest BCUT2D eigenvalue weighted by Gasteiger charge is 2.52. The van der Waals surface area contributed by atoms with Gasteiger partial charge in [0, 0.05) is 36.7 Å². The Morgan fingerprint density at radius 3 is 2.52 bits per heavy atom. The molecule has 0 radical (unpaired) electrons.